The summed E-state index contributed by atoms with van der Waals surface area (Å²) in [7, 11) is 0. The molecular formula is C20H30N2O2. The molecule has 1 aromatic rings. The second kappa shape index (κ2) is 7.93. The Morgan fingerprint density at radius 3 is 2.54 bits per heavy atom. The van der Waals surface area contributed by atoms with E-state index in [1.165, 1.54) is 26.2 Å². The molecule has 1 aliphatic carbocycles. The Balaban J connectivity index is 1.90. The molecule has 0 bridgehead atoms. The van der Waals surface area contributed by atoms with Gasteiger partial charge < -0.3 is 10.6 Å². The highest BCUT2D eigenvalue weighted by Gasteiger charge is 2.33. The van der Waals surface area contributed by atoms with Crippen LogP contribution in [0.2, 0.25) is 0 Å². The van der Waals surface area contributed by atoms with Gasteiger partial charge in [0.25, 0.3) is 0 Å². The molecule has 1 aliphatic rings. The van der Waals surface area contributed by atoms with E-state index in [0.717, 1.165) is 6.42 Å². The number of hydrogen-bond acceptors (Lipinski definition) is 3. The van der Waals surface area contributed by atoms with Gasteiger partial charge in [-0.2, -0.15) is 0 Å². The van der Waals surface area contributed by atoms with Crippen molar-refractivity contribution in [1.82, 2.24) is 5.32 Å². The fourth-order valence-electron chi connectivity index (χ4n) is 3.66. The van der Waals surface area contributed by atoms with E-state index >= 15 is 0 Å². The number of carbonyl (C=O) groups excluding carboxylic acids is 2. The van der Waals surface area contributed by atoms with Crippen LogP contribution < -0.4 is 10.6 Å². The molecule has 0 aromatic heterocycles. The van der Waals surface area contributed by atoms with Crippen molar-refractivity contribution in [2.24, 2.45) is 11.3 Å². The predicted octanol–water partition coefficient (Wildman–Crippen LogP) is 4.02. The van der Waals surface area contributed by atoms with Crippen LogP contribution in [0.5, 0.6) is 0 Å². The Morgan fingerprint density at radius 1 is 1.17 bits per heavy atom. The minimum atomic E-state index is -0.0612. The Kier molecular flexibility index (Phi) is 6.16. The minimum absolute atomic E-state index is 0.000511. The number of rotatable bonds is 5. The first-order chi connectivity index (χ1) is 11.3. The number of hydrogen-bond donors (Lipinski definition) is 2. The highest BCUT2D eigenvalue weighted by Crippen LogP contribution is 2.37. The maximum Gasteiger partial charge on any atom is 0.238 e. The highest BCUT2D eigenvalue weighted by atomic mass is 16.2. The van der Waals surface area contributed by atoms with Crippen molar-refractivity contribution in [2.45, 2.75) is 59.4 Å². The Morgan fingerprint density at radius 2 is 1.88 bits per heavy atom. The summed E-state index contributed by atoms with van der Waals surface area (Å²) in [5.41, 5.74) is 1.54. The third kappa shape index (κ3) is 5.17. The highest BCUT2D eigenvalue weighted by molar-refractivity contribution is 5.97. The molecule has 0 aliphatic heterocycles. The summed E-state index contributed by atoms with van der Waals surface area (Å²) >= 11 is 0. The molecule has 1 aromatic carbocycles. The third-order valence-corrected chi connectivity index (χ3v) is 4.96. The maximum atomic E-state index is 12.2. The molecule has 132 valence electrons. The lowest BCUT2D eigenvalue weighted by Gasteiger charge is -2.40. The van der Waals surface area contributed by atoms with Crippen LogP contribution >= 0.6 is 0 Å². The van der Waals surface area contributed by atoms with Crippen LogP contribution in [-0.2, 0) is 4.79 Å². The molecular weight excluding hydrogens is 300 g/mol. The smallest absolute Gasteiger partial charge is 0.238 e. The number of benzene rings is 1. The Hall–Kier alpha value is -1.68. The SMILES string of the molecule is CC(=O)c1cccc(NC(=O)CNC2CCCCC2C(C)(C)C)c1. The van der Waals surface area contributed by atoms with E-state index in [1.54, 1.807) is 18.2 Å². The minimum Gasteiger partial charge on any atom is -0.325 e. The first-order valence-electron chi connectivity index (χ1n) is 8.91. The van der Waals surface area contributed by atoms with Crippen LogP contribution in [0.25, 0.3) is 0 Å². The maximum absolute atomic E-state index is 12.2. The fourth-order valence-corrected chi connectivity index (χ4v) is 3.66. The van der Waals surface area contributed by atoms with Crippen LogP contribution in [0.15, 0.2) is 24.3 Å². The largest absolute Gasteiger partial charge is 0.325 e. The molecule has 0 spiro atoms. The van der Waals surface area contributed by atoms with Gasteiger partial charge in [-0.3, -0.25) is 9.59 Å². The first-order valence-corrected chi connectivity index (χ1v) is 8.91. The summed E-state index contributed by atoms with van der Waals surface area (Å²) in [6, 6.07) is 7.47. The fraction of sp³-hybridized carbons (Fsp3) is 0.600. The summed E-state index contributed by atoms with van der Waals surface area (Å²) < 4.78 is 0. The number of anilines is 1. The van der Waals surface area contributed by atoms with E-state index in [4.69, 9.17) is 0 Å². The van der Waals surface area contributed by atoms with E-state index in [0.29, 0.717) is 29.8 Å². The van der Waals surface area contributed by atoms with Crippen molar-refractivity contribution in [3.8, 4) is 0 Å². The van der Waals surface area contributed by atoms with Crippen molar-refractivity contribution < 1.29 is 9.59 Å². The molecule has 1 fully saturated rings. The molecule has 2 rings (SSSR count). The second-order valence-electron chi connectivity index (χ2n) is 7.93. The normalized spacial score (nSPS) is 21.3. The van der Waals surface area contributed by atoms with Crippen molar-refractivity contribution in [2.75, 3.05) is 11.9 Å². The lowest BCUT2D eigenvalue weighted by molar-refractivity contribution is -0.115. The number of carbonyl (C=O) groups is 2. The van der Waals surface area contributed by atoms with Gasteiger partial charge in [-0.15, -0.1) is 0 Å². The molecule has 4 nitrogen and oxygen atoms in total. The standard InChI is InChI=1S/C20H30N2O2/c1-14(23)15-8-7-9-16(12-15)22-19(24)13-21-18-11-6-5-10-17(18)20(2,3)4/h7-9,12,17-18,21H,5-6,10-11,13H2,1-4H3,(H,22,24). The van der Waals surface area contributed by atoms with Crippen LogP contribution in [0.4, 0.5) is 5.69 Å². The quantitative estimate of drug-likeness (QED) is 0.802. The molecule has 0 saturated heterocycles. The summed E-state index contributed by atoms with van der Waals surface area (Å²) in [5, 5.41) is 6.33. The number of nitrogens with one attached hydrogen (secondary N) is 2. The van der Waals surface area contributed by atoms with E-state index in [-0.39, 0.29) is 17.1 Å². The van der Waals surface area contributed by atoms with Crippen LogP contribution in [0.3, 0.4) is 0 Å². The topological polar surface area (TPSA) is 58.2 Å². The van der Waals surface area contributed by atoms with Crippen LogP contribution in [0.1, 0.15) is 63.7 Å². The molecule has 4 heteroatoms. The average Bonchev–Trinajstić information content (AvgIpc) is 2.52. The zero-order valence-electron chi connectivity index (χ0n) is 15.3. The Labute approximate surface area is 145 Å². The van der Waals surface area contributed by atoms with E-state index in [9.17, 15) is 9.59 Å². The monoisotopic (exact) mass is 330 g/mol. The number of ketones is 1. The molecule has 2 unspecified atom stereocenters. The van der Waals surface area contributed by atoms with Gasteiger partial charge in [-0.1, -0.05) is 45.7 Å². The Bertz CT molecular complexity index is 590. The van der Waals surface area contributed by atoms with Gasteiger partial charge in [0.05, 0.1) is 6.54 Å². The molecule has 2 atom stereocenters. The molecule has 2 N–H and O–H groups in total. The van der Waals surface area contributed by atoms with Crippen molar-refractivity contribution in [3.05, 3.63) is 29.8 Å². The van der Waals surface area contributed by atoms with Gasteiger partial charge in [0, 0.05) is 17.3 Å². The predicted molar refractivity (Wildman–Crippen MR) is 98.3 cm³/mol. The van der Waals surface area contributed by atoms with Crippen molar-refractivity contribution >= 4 is 17.4 Å². The van der Waals surface area contributed by atoms with E-state index in [1.807, 2.05) is 6.07 Å². The third-order valence-electron chi connectivity index (χ3n) is 4.96. The zero-order chi connectivity index (χ0) is 17.7. The molecule has 1 amide bonds. The van der Waals surface area contributed by atoms with Crippen LogP contribution in [0, 0.1) is 11.3 Å². The van der Waals surface area contributed by atoms with Gasteiger partial charge in [0.1, 0.15) is 0 Å². The molecule has 0 heterocycles. The van der Waals surface area contributed by atoms with Crippen molar-refractivity contribution in [3.63, 3.8) is 0 Å². The second-order valence-corrected chi connectivity index (χ2v) is 7.93. The summed E-state index contributed by atoms with van der Waals surface area (Å²) in [6.45, 7) is 8.68. The number of amides is 1. The average molecular weight is 330 g/mol. The number of Topliss-reactive ketones (excluding diaryl/α,β-unsaturated/α-hetero) is 1. The van der Waals surface area contributed by atoms with Gasteiger partial charge in [0.15, 0.2) is 5.78 Å². The van der Waals surface area contributed by atoms with Crippen molar-refractivity contribution in [1.29, 1.82) is 0 Å². The van der Waals surface area contributed by atoms with Gasteiger partial charge >= 0.3 is 0 Å². The van der Waals surface area contributed by atoms with Crippen LogP contribution in [-0.4, -0.2) is 24.3 Å². The molecule has 1 saturated carbocycles. The van der Waals surface area contributed by atoms with E-state index < -0.39 is 0 Å². The zero-order valence-corrected chi connectivity index (χ0v) is 15.3. The summed E-state index contributed by atoms with van der Waals surface area (Å²) in [5.74, 6) is 0.536. The lowest BCUT2D eigenvalue weighted by Crippen LogP contribution is -2.46. The van der Waals surface area contributed by atoms with Gasteiger partial charge in [0.2, 0.25) is 5.91 Å². The molecule has 24 heavy (non-hydrogen) atoms. The summed E-state index contributed by atoms with van der Waals surface area (Å²) in [6.07, 6.45) is 4.87. The summed E-state index contributed by atoms with van der Waals surface area (Å²) in [4.78, 5) is 23.7. The van der Waals surface area contributed by atoms with E-state index in [2.05, 4.69) is 31.4 Å². The van der Waals surface area contributed by atoms with Gasteiger partial charge in [-0.05, 0) is 43.2 Å². The molecule has 0 radical (unpaired) electrons. The van der Waals surface area contributed by atoms with Gasteiger partial charge in [-0.25, -0.2) is 0 Å². The lowest BCUT2D eigenvalue weighted by atomic mass is 9.69. The first kappa shape index (κ1) is 18.7.